The number of furan rings is 1. The van der Waals surface area contributed by atoms with Crippen molar-refractivity contribution in [3.8, 4) is 5.75 Å². The maximum Gasteiger partial charge on any atom is 0.434 e. The molecule has 0 amide bonds. The molecule has 0 saturated carbocycles. The van der Waals surface area contributed by atoms with Gasteiger partial charge in [0, 0.05) is 0 Å². The van der Waals surface area contributed by atoms with Crippen molar-refractivity contribution in [3.05, 3.63) is 34.4 Å². The third-order valence-electron chi connectivity index (χ3n) is 1.91. The lowest BCUT2D eigenvalue weighted by molar-refractivity contribution is -0.401. The van der Waals surface area contributed by atoms with Gasteiger partial charge in [-0.25, -0.2) is 0 Å². The van der Waals surface area contributed by atoms with Gasteiger partial charge in [-0.05, 0) is 12.1 Å². The summed E-state index contributed by atoms with van der Waals surface area (Å²) in [7, 11) is 1.51. The average Bonchev–Trinajstić information content (AvgIpc) is 2.60. The van der Waals surface area contributed by atoms with E-state index in [0.29, 0.717) is 16.7 Å². The highest BCUT2D eigenvalue weighted by Crippen LogP contribution is 2.31. The molecule has 0 radical (unpaired) electrons. The van der Waals surface area contributed by atoms with Crippen molar-refractivity contribution >= 4 is 16.9 Å². The Bertz CT molecular complexity index is 489. The quantitative estimate of drug-likeness (QED) is 0.542. The Labute approximate surface area is 79.0 Å². The molecular weight excluding hydrogens is 186 g/mol. The maximum absolute atomic E-state index is 10.4. The van der Waals surface area contributed by atoms with E-state index in [4.69, 9.17) is 9.15 Å². The van der Waals surface area contributed by atoms with Gasteiger partial charge in [-0.1, -0.05) is 6.07 Å². The first kappa shape index (κ1) is 8.55. The van der Waals surface area contributed by atoms with Gasteiger partial charge in [0.25, 0.3) is 0 Å². The van der Waals surface area contributed by atoms with Crippen molar-refractivity contribution < 1.29 is 14.1 Å². The van der Waals surface area contributed by atoms with E-state index in [-0.39, 0.29) is 5.88 Å². The SMILES string of the molecule is COc1cccc2oc([N+](=O)[O-])cc12. The summed E-state index contributed by atoms with van der Waals surface area (Å²) in [5.41, 5.74) is 0.455. The number of nitro groups is 1. The van der Waals surface area contributed by atoms with E-state index >= 15 is 0 Å². The van der Waals surface area contributed by atoms with Crippen molar-refractivity contribution in [3.63, 3.8) is 0 Å². The molecule has 0 unspecified atom stereocenters. The first-order valence-electron chi connectivity index (χ1n) is 3.93. The molecule has 1 aromatic carbocycles. The number of hydrogen-bond acceptors (Lipinski definition) is 4. The van der Waals surface area contributed by atoms with Gasteiger partial charge in [-0.2, -0.15) is 0 Å². The minimum absolute atomic E-state index is 0.274. The molecule has 2 aromatic rings. The van der Waals surface area contributed by atoms with Crippen LogP contribution in [0.25, 0.3) is 11.0 Å². The van der Waals surface area contributed by atoms with Gasteiger partial charge in [0.15, 0.2) is 0 Å². The van der Waals surface area contributed by atoms with Crippen molar-refractivity contribution in [2.75, 3.05) is 7.11 Å². The maximum atomic E-state index is 10.4. The van der Waals surface area contributed by atoms with Crippen molar-refractivity contribution in [2.24, 2.45) is 0 Å². The number of hydrogen-bond donors (Lipinski definition) is 0. The van der Waals surface area contributed by atoms with Gasteiger partial charge >= 0.3 is 5.88 Å². The highest BCUT2D eigenvalue weighted by molar-refractivity contribution is 5.85. The zero-order chi connectivity index (χ0) is 10.1. The van der Waals surface area contributed by atoms with Gasteiger partial charge in [-0.3, -0.25) is 10.1 Å². The van der Waals surface area contributed by atoms with E-state index in [1.807, 2.05) is 0 Å². The van der Waals surface area contributed by atoms with Gasteiger partial charge in [0.1, 0.15) is 16.3 Å². The van der Waals surface area contributed by atoms with Gasteiger partial charge in [-0.15, -0.1) is 0 Å². The van der Waals surface area contributed by atoms with Crippen LogP contribution in [0.2, 0.25) is 0 Å². The number of benzene rings is 1. The molecular formula is C9H7NO4. The predicted molar refractivity (Wildman–Crippen MR) is 49.4 cm³/mol. The summed E-state index contributed by atoms with van der Waals surface area (Å²) in [5, 5.41) is 11.1. The largest absolute Gasteiger partial charge is 0.496 e. The molecule has 0 aliphatic heterocycles. The standard InChI is InChI=1S/C9H7NO4/c1-13-7-3-2-4-8-6(7)5-9(14-8)10(11)12/h2-5H,1H3. The summed E-state index contributed by atoms with van der Waals surface area (Å²) >= 11 is 0. The molecule has 5 nitrogen and oxygen atoms in total. The van der Waals surface area contributed by atoms with Gasteiger partial charge < -0.3 is 9.15 Å². The predicted octanol–water partition coefficient (Wildman–Crippen LogP) is 2.35. The molecule has 0 aliphatic rings. The lowest BCUT2D eigenvalue weighted by atomic mass is 10.2. The molecule has 0 aliphatic carbocycles. The van der Waals surface area contributed by atoms with E-state index in [2.05, 4.69) is 0 Å². The molecule has 1 heterocycles. The molecule has 14 heavy (non-hydrogen) atoms. The first-order chi connectivity index (χ1) is 6.72. The highest BCUT2D eigenvalue weighted by atomic mass is 16.6. The third kappa shape index (κ3) is 1.19. The Morgan fingerprint density at radius 1 is 1.50 bits per heavy atom. The number of ether oxygens (including phenoxy) is 1. The van der Waals surface area contributed by atoms with Crippen LogP contribution in [0.3, 0.4) is 0 Å². The van der Waals surface area contributed by atoms with Crippen molar-refractivity contribution in [1.29, 1.82) is 0 Å². The second kappa shape index (κ2) is 3.02. The Balaban J connectivity index is 2.70. The molecule has 0 saturated heterocycles. The topological polar surface area (TPSA) is 65.5 Å². The summed E-state index contributed by atoms with van der Waals surface area (Å²) in [6.07, 6.45) is 0. The summed E-state index contributed by atoms with van der Waals surface area (Å²) in [6, 6.07) is 6.45. The van der Waals surface area contributed by atoms with Crippen molar-refractivity contribution in [2.45, 2.75) is 0 Å². The fourth-order valence-corrected chi connectivity index (χ4v) is 1.29. The lowest BCUT2D eigenvalue weighted by Gasteiger charge is -1.97. The summed E-state index contributed by atoms with van der Waals surface area (Å²) in [6.45, 7) is 0. The molecule has 0 bridgehead atoms. The highest BCUT2D eigenvalue weighted by Gasteiger charge is 2.15. The molecule has 72 valence electrons. The Hall–Kier alpha value is -2.04. The third-order valence-corrected chi connectivity index (χ3v) is 1.91. The van der Waals surface area contributed by atoms with Crippen LogP contribution in [-0.2, 0) is 0 Å². The second-order valence-electron chi connectivity index (χ2n) is 2.71. The first-order valence-corrected chi connectivity index (χ1v) is 3.93. The zero-order valence-corrected chi connectivity index (χ0v) is 7.39. The van der Waals surface area contributed by atoms with Crippen LogP contribution in [0.1, 0.15) is 0 Å². The number of rotatable bonds is 2. The van der Waals surface area contributed by atoms with E-state index < -0.39 is 4.92 Å². The lowest BCUT2D eigenvalue weighted by Crippen LogP contribution is -1.83. The fraction of sp³-hybridized carbons (Fsp3) is 0.111. The van der Waals surface area contributed by atoms with E-state index in [1.165, 1.54) is 13.2 Å². The van der Waals surface area contributed by atoms with Crippen LogP contribution in [0.4, 0.5) is 5.88 Å². The molecule has 0 spiro atoms. The molecule has 5 heteroatoms. The Morgan fingerprint density at radius 3 is 2.93 bits per heavy atom. The van der Waals surface area contributed by atoms with Gasteiger partial charge in [0.2, 0.25) is 0 Å². The molecule has 0 fully saturated rings. The van der Waals surface area contributed by atoms with Gasteiger partial charge in [0.05, 0.1) is 18.6 Å². The molecule has 0 atom stereocenters. The summed E-state index contributed by atoms with van der Waals surface area (Å²) in [5.74, 6) is 0.295. The molecule has 2 rings (SSSR count). The number of nitrogens with zero attached hydrogens (tertiary/aromatic N) is 1. The smallest absolute Gasteiger partial charge is 0.434 e. The fourth-order valence-electron chi connectivity index (χ4n) is 1.29. The molecule has 0 N–H and O–H groups in total. The van der Waals surface area contributed by atoms with Crippen LogP contribution in [0.5, 0.6) is 5.75 Å². The Kier molecular flexibility index (Phi) is 1.85. The summed E-state index contributed by atoms with van der Waals surface area (Å²) in [4.78, 5) is 9.87. The van der Waals surface area contributed by atoms with Crippen LogP contribution in [0, 0.1) is 10.1 Å². The van der Waals surface area contributed by atoms with Crippen LogP contribution >= 0.6 is 0 Å². The average molecular weight is 193 g/mol. The van der Waals surface area contributed by atoms with Crippen LogP contribution in [0.15, 0.2) is 28.7 Å². The van der Waals surface area contributed by atoms with E-state index in [0.717, 1.165) is 0 Å². The van der Waals surface area contributed by atoms with Crippen molar-refractivity contribution in [1.82, 2.24) is 0 Å². The summed E-state index contributed by atoms with van der Waals surface area (Å²) < 4.78 is 10.0. The number of fused-ring (bicyclic) bond motifs is 1. The van der Waals surface area contributed by atoms with E-state index in [9.17, 15) is 10.1 Å². The van der Waals surface area contributed by atoms with Crippen LogP contribution < -0.4 is 4.74 Å². The van der Waals surface area contributed by atoms with Crippen LogP contribution in [-0.4, -0.2) is 12.0 Å². The number of methoxy groups -OCH3 is 1. The molecule has 1 aromatic heterocycles. The Morgan fingerprint density at radius 2 is 2.29 bits per heavy atom. The normalized spacial score (nSPS) is 10.4. The zero-order valence-electron chi connectivity index (χ0n) is 7.39. The monoisotopic (exact) mass is 193 g/mol. The minimum atomic E-state index is -0.570. The minimum Gasteiger partial charge on any atom is -0.496 e. The second-order valence-corrected chi connectivity index (χ2v) is 2.71. The van der Waals surface area contributed by atoms with E-state index in [1.54, 1.807) is 18.2 Å².